The van der Waals surface area contributed by atoms with Crippen LogP contribution >= 0.6 is 0 Å². The molecule has 0 bridgehead atoms. The van der Waals surface area contributed by atoms with E-state index in [1.54, 1.807) is 12.7 Å². The molecule has 2 heteroatoms. The Morgan fingerprint density at radius 2 is 2.18 bits per heavy atom. The first-order chi connectivity index (χ1) is 8.35. The largest absolute Gasteiger partial charge is 0.496 e. The van der Waals surface area contributed by atoms with Crippen LogP contribution < -0.4 is 10.1 Å². The number of hydrogen-bond acceptors (Lipinski definition) is 2. The molecule has 0 heterocycles. The van der Waals surface area contributed by atoms with Gasteiger partial charge in [0.1, 0.15) is 5.75 Å². The van der Waals surface area contributed by atoms with Crippen LogP contribution in [0.3, 0.4) is 0 Å². The SMILES string of the molecule is CNC(Cc1ccccc1OC)C1=CCCC1. The highest BCUT2D eigenvalue weighted by molar-refractivity contribution is 5.35. The zero-order chi connectivity index (χ0) is 12.1. The second-order valence-corrected chi connectivity index (χ2v) is 4.53. The van der Waals surface area contributed by atoms with E-state index in [1.165, 1.54) is 24.8 Å². The van der Waals surface area contributed by atoms with E-state index in [9.17, 15) is 0 Å². The Morgan fingerprint density at radius 1 is 1.35 bits per heavy atom. The number of nitrogens with one attached hydrogen (secondary N) is 1. The van der Waals surface area contributed by atoms with Crippen molar-refractivity contribution in [3.63, 3.8) is 0 Å². The third-order valence-electron chi connectivity index (χ3n) is 3.49. The lowest BCUT2D eigenvalue weighted by Crippen LogP contribution is -2.29. The molecule has 1 aromatic rings. The zero-order valence-electron chi connectivity index (χ0n) is 10.7. The van der Waals surface area contributed by atoms with Crippen LogP contribution in [0.4, 0.5) is 0 Å². The summed E-state index contributed by atoms with van der Waals surface area (Å²) in [7, 11) is 3.78. The fraction of sp³-hybridized carbons (Fsp3) is 0.467. The molecule has 0 aromatic heterocycles. The topological polar surface area (TPSA) is 21.3 Å². The summed E-state index contributed by atoms with van der Waals surface area (Å²) in [6.07, 6.45) is 7.17. The van der Waals surface area contributed by atoms with Crippen molar-refractivity contribution in [3.05, 3.63) is 41.5 Å². The van der Waals surface area contributed by atoms with Crippen molar-refractivity contribution in [3.8, 4) is 5.75 Å². The fourth-order valence-electron chi connectivity index (χ4n) is 2.52. The average Bonchev–Trinajstić information content (AvgIpc) is 2.90. The van der Waals surface area contributed by atoms with Gasteiger partial charge in [-0.05, 0) is 44.4 Å². The lowest BCUT2D eigenvalue weighted by molar-refractivity contribution is 0.407. The monoisotopic (exact) mass is 231 g/mol. The lowest BCUT2D eigenvalue weighted by Gasteiger charge is -2.19. The van der Waals surface area contributed by atoms with E-state index < -0.39 is 0 Å². The van der Waals surface area contributed by atoms with Gasteiger partial charge in [-0.25, -0.2) is 0 Å². The third kappa shape index (κ3) is 2.89. The van der Waals surface area contributed by atoms with E-state index in [1.807, 2.05) is 19.2 Å². The molecule has 0 amide bonds. The van der Waals surface area contributed by atoms with Gasteiger partial charge >= 0.3 is 0 Å². The van der Waals surface area contributed by atoms with Crippen LogP contribution in [0.5, 0.6) is 5.75 Å². The average molecular weight is 231 g/mol. The molecule has 0 saturated carbocycles. The van der Waals surface area contributed by atoms with Crippen molar-refractivity contribution in [2.75, 3.05) is 14.2 Å². The number of allylic oxidation sites excluding steroid dienone is 1. The van der Waals surface area contributed by atoms with Crippen molar-refractivity contribution in [1.29, 1.82) is 0 Å². The van der Waals surface area contributed by atoms with Crippen LogP contribution in [-0.4, -0.2) is 20.2 Å². The van der Waals surface area contributed by atoms with E-state index in [0.29, 0.717) is 6.04 Å². The standard InChI is InChI=1S/C15H21NO/c1-16-14(12-7-3-4-8-12)11-13-9-5-6-10-15(13)17-2/h5-7,9-10,14,16H,3-4,8,11H2,1-2H3. The number of hydrogen-bond donors (Lipinski definition) is 1. The van der Waals surface area contributed by atoms with Gasteiger partial charge in [-0.2, -0.15) is 0 Å². The molecule has 1 aliphatic carbocycles. The van der Waals surface area contributed by atoms with Crippen molar-refractivity contribution in [1.82, 2.24) is 5.32 Å². The molecule has 1 atom stereocenters. The van der Waals surface area contributed by atoms with Gasteiger partial charge in [0.2, 0.25) is 0 Å². The van der Waals surface area contributed by atoms with Gasteiger partial charge in [-0.15, -0.1) is 0 Å². The molecule has 0 radical (unpaired) electrons. The lowest BCUT2D eigenvalue weighted by atomic mass is 9.98. The predicted molar refractivity (Wildman–Crippen MR) is 71.5 cm³/mol. The van der Waals surface area contributed by atoms with Crippen LogP contribution in [-0.2, 0) is 6.42 Å². The first-order valence-electron chi connectivity index (χ1n) is 6.33. The van der Waals surface area contributed by atoms with Crippen molar-refractivity contribution in [2.45, 2.75) is 31.7 Å². The summed E-state index contributed by atoms with van der Waals surface area (Å²) in [5.41, 5.74) is 2.83. The first kappa shape index (κ1) is 12.2. The molecular formula is C15H21NO. The maximum absolute atomic E-state index is 5.41. The summed E-state index contributed by atoms with van der Waals surface area (Å²) in [6, 6.07) is 8.73. The highest BCUT2D eigenvalue weighted by Crippen LogP contribution is 2.26. The second kappa shape index (κ2) is 5.87. The fourth-order valence-corrected chi connectivity index (χ4v) is 2.52. The first-order valence-corrected chi connectivity index (χ1v) is 6.33. The number of likely N-dealkylation sites (N-methyl/N-ethyl adjacent to an activating group) is 1. The Bertz CT molecular complexity index is 398. The summed E-state index contributed by atoms with van der Waals surface area (Å²) in [5, 5.41) is 3.42. The van der Waals surface area contributed by atoms with E-state index in [2.05, 4.69) is 23.5 Å². The van der Waals surface area contributed by atoms with Gasteiger partial charge in [0.15, 0.2) is 0 Å². The molecule has 1 unspecified atom stereocenters. The van der Waals surface area contributed by atoms with Crippen LogP contribution in [0, 0.1) is 0 Å². The number of methoxy groups -OCH3 is 1. The molecular weight excluding hydrogens is 210 g/mol. The number of rotatable bonds is 5. The Balaban J connectivity index is 2.12. The predicted octanol–water partition coefficient (Wildman–Crippen LogP) is 2.94. The molecule has 1 N–H and O–H groups in total. The minimum absolute atomic E-state index is 0.453. The second-order valence-electron chi connectivity index (χ2n) is 4.53. The maximum Gasteiger partial charge on any atom is 0.122 e. The van der Waals surface area contributed by atoms with E-state index in [0.717, 1.165) is 12.2 Å². The Hall–Kier alpha value is -1.28. The van der Waals surface area contributed by atoms with E-state index in [4.69, 9.17) is 4.74 Å². The molecule has 0 fully saturated rings. The molecule has 1 aromatic carbocycles. The third-order valence-corrected chi connectivity index (χ3v) is 3.49. The van der Waals surface area contributed by atoms with Gasteiger partial charge in [-0.3, -0.25) is 0 Å². The molecule has 1 aliphatic rings. The highest BCUT2D eigenvalue weighted by Gasteiger charge is 2.17. The van der Waals surface area contributed by atoms with Crippen molar-refractivity contribution in [2.24, 2.45) is 0 Å². The molecule has 0 spiro atoms. The van der Waals surface area contributed by atoms with Crippen LogP contribution in [0.2, 0.25) is 0 Å². The molecule has 0 aliphatic heterocycles. The molecule has 2 nitrogen and oxygen atoms in total. The quantitative estimate of drug-likeness (QED) is 0.787. The Labute approximate surface area is 104 Å². The van der Waals surface area contributed by atoms with E-state index in [-0.39, 0.29) is 0 Å². The summed E-state index contributed by atoms with van der Waals surface area (Å²) in [5.74, 6) is 0.992. The molecule has 0 saturated heterocycles. The smallest absolute Gasteiger partial charge is 0.122 e. The Kier molecular flexibility index (Phi) is 4.21. The number of ether oxygens (including phenoxy) is 1. The summed E-state index contributed by atoms with van der Waals surface area (Å²) in [6.45, 7) is 0. The summed E-state index contributed by atoms with van der Waals surface area (Å²) < 4.78 is 5.41. The van der Waals surface area contributed by atoms with Crippen LogP contribution in [0.25, 0.3) is 0 Å². The van der Waals surface area contributed by atoms with Crippen molar-refractivity contribution >= 4 is 0 Å². The zero-order valence-corrected chi connectivity index (χ0v) is 10.7. The van der Waals surface area contributed by atoms with Gasteiger partial charge in [0, 0.05) is 6.04 Å². The summed E-state index contributed by atoms with van der Waals surface area (Å²) in [4.78, 5) is 0. The minimum Gasteiger partial charge on any atom is -0.496 e. The van der Waals surface area contributed by atoms with Crippen LogP contribution in [0.15, 0.2) is 35.9 Å². The van der Waals surface area contributed by atoms with Crippen molar-refractivity contribution < 1.29 is 4.74 Å². The molecule has 92 valence electrons. The molecule has 17 heavy (non-hydrogen) atoms. The van der Waals surface area contributed by atoms with E-state index >= 15 is 0 Å². The Morgan fingerprint density at radius 3 is 2.82 bits per heavy atom. The van der Waals surface area contributed by atoms with Gasteiger partial charge in [-0.1, -0.05) is 29.8 Å². The number of benzene rings is 1. The van der Waals surface area contributed by atoms with Gasteiger partial charge in [0.05, 0.1) is 7.11 Å². The number of para-hydroxylation sites is 1. The maximum atomic E-state index is 5.41. The van der Waals surface area contributed by atoms with Gasteiger partial charge in [0.25, 0.3) is 0 Å². The van der Waals surface area contributed by atoms with Gasteiger partial charge < -0.3 is 10.1 Å². The van der Waals surface area contributed by atoms with Crippen LogP contribution in [0.1, 0.15) is 24.8 Å². The molecule has 2 rings (SSSR count). The summed E-state index contributed by atoms with van der Waals surface area (Å²) >= 11 is 0. The minimum atomic E-state index is 0.453. The normalized spacial score (nSPS) is 16.7. The highest BCUT2D eigenvalue weighted by atomic mass is 16.5.